The summed E-state index contributed by atoms with van der Waals surface area (Å²) in [4.78, 5) is 11.0. The zero-order valence-corrected chi connectivity index (χ0v) is 38.0. The van der Waals surface area contributed by atoms with Crippen LogP contribution in [0.4, 0.5) is 0 Å². The number of hydrogen-bond acceptors (Lipinski definition) is 4. The van der Waals surface area contributed by atoms with Crippen LogP contribution in [-0.4, -0.2) is 14.5 Å². The van der Waals surface area contributed by atoms with Crippen LogP contribution in [0.15, 0.2) is 241 Å². The number of fused-ring (bicyclic) bond motifs is 9. The van der Waals surface area contributed by atoms with Gasteiger partial charge < -0.3 is 8.98 Å². The first-order valence-electron chi connectivity index (χ1n) is 23.3. The summed E-state index contributed by atoms with van der Waals surface area (Å²) in [6.45, 7) is 0. The molecule has 10 aromatic carbocycles. The normalized spacial score (nSPS) is 11.8. The molecule has 0 saturated carbocycles. The van der Waals surface area contributed by atoms with Crippen molar-refractivity contribution in [2.24, 2.45) is 0 Å². The van der Waals surface area contributed by atoms with Gasteiger partial charge in [-0.15, -0.1) is 11.3 Å². The average Bonchev–Trinajstić information content (AvgIpc) is 4.10. The fourth-order valence-corrected chi connectivity index (χ4v) is 11.4. The quantitative estimate of drug-likeness (QED) is 0.160. The molecule has 0 aliphatic heterocycles. The van der Waals surface area contributed by atoms with Crippen LogP contribution in [0.1, 0.15) is 0 Å². The molecular formula is C64H39N3OS. The SMILES string of the molecule is c1ccc(-c2cccc(-c3ccc4sc5c(-c6cccc7c6oc6ccccc67)nc(-c6cccc(-c7ccc8c(c7)c7cc(-c9ccccc9)ccc7n8-c7ccccc7)c6)nc5c4c3)c2)cc1. The molecule has 0 fully saturated rings. The van der Waals surface area contributed by atoms with Crippen molar-refractivity contribution >= 4 is 75.4 Å². The zero-order valence-electron chi connectivity index (χ0n) is 37.2. The molecule has 0 aliphatic rings. The number of thiophene rings is 1. The van der Waals surface area contributed by atoms with Gasteiger partial charge in [-0.25, -0.2) is 9.97 Å². The Labute approximate surface area is 401 Å². The van der Waals surface area contributed by atoms with Crippen molar-refractivity contribution < 1.29 is 4.42 Å². The Bertz CT molecular complexity index is 4300. The minimum absolute atomic E-state index is 0.665. The molecule has 0 N–H and O–H groups in total. The second-order valence-corrected chi connectivity index (χ2v) is 18.7. The minimum Gasteiger partial charge on any atom is -0.455 e. The van der Waals surface area contributed by atoms with Crippen molar-refractivity contribution in [1.82, 2.24) is 14.5 Å². The van der Waals surface area contributed by atoms with Gasteiger partial charge >= 0.3 is 0 Å². The van der Waals surface area contributed by atoms with Gasteiger partial charge in [0.1, 0.15) is 11.2 Å². The van der Waals surface area contributed by atoms with Crippen LogP contribution in [0.25, 0.3) is 137 Å². The van der Waals surface area contributed by atoms with E-state index in [1.165, 1.54) is 38.5 Å². The van der Waals surface area contributed by atoms with E-state index in [0.717, 1.165) is 92.5 Å². The number of rotatable bonds is 7. The number of para-hydroxylation sites is 3. The van der Waals surface area contributed by atoms with Crippen molar-refractivity contribution in [2.45, 2.75) is 0 Å². The summed E-state index contributed by atoms with van der Waals surface area (Å²) in [7, 11) is 0. The fourth-order valence-electron chi connectivity index (χ4n) is 10.3. The third-order valence-corrected chi connectivity index (χ3v) is 14.8. The highest BCUT2D eigenvalue weighted by molar-refractivity contribution is 7.26. The van der Waals surface area contributed by atoms with E-state index < -0.39 is 0 Å². The van der Waals surface area contributed by atoms with Crippen LogP contribution in [0, 0.1) is 0 Å². The van der Waals surface area contributed by atoms with Gasteiger partial charge in [0, 0.05) is 48.4 Å². The summed E-state index contributed by atoms with van der Waals surface area (Å²) in [5.41, 5.74) is 18.1. The molecule has 0 unspecified atom stereocenters. The highest BCUT2D eigenvalue weighted by atomic mass is 32.1. The maximum Gasteiger partial charge on any atom is 0.160 e. The molecular weight excluding hydrogens is 859 g/mol. The Balaban J connectivity index is 0.954. The van der Waals surface area contributed by atoms with Crippen LogP contribution in [0.2, 0.25) is 0 Å². The van der Waals surface area contributed by atoms with Crippen LogP contribution in [0.5, 0.6) is 0 Å². The second kappa shape index (κ2) is 15.9. The van der Waals surface area contributed by atoms with E-state index in [2.05, 4.69) is 229 Å². The zero-order chi connectivity index (χ0) is 45.4. The van der Waals surface area contributed by atoms with E-state index in [1.807, 2.05) is 12.1 Å². The van der Waals surface area contributed by atoms with Gasteiger partial charge in [-0.3, -0.25) is 0 Å². The average molecular weight is 898 g/mol. The van der Waals surface area contributed by atoms with Gasteiger partial charge in [-0.2, -0.15) is 0 Å². The van der Waals surface area contributed by atoms with Crippen molar-refractivity contribution in [3.8, 4) is 72.8 Å². The van der Waals surface area contributed by atoms with Crippen LogP contribution in [0.3, 0.4) is 0 Å². The molecule has 0 spiro atoms. The highest BCUT2D eigenvalue weighted by Crippen LogP contribution is 2.45. The maximum absolute atomic E-state index is 6.68. The third-order valence-electron chi connectivity index (χ3n) is 13.6. The molecule has 0 atom stereocenters. The molecule has 4 nitrogen and oxygen atoms in total. The Morgan fingerprint density at radius 3 is 1.57 bits per heavy atom. The summed E-state index contributed by atoms with van der Waals surface area (Å²) >= 11 is 1.74. The van der Waals surface area contributed by atoms with Crippen molar-refractivity contribution in [2.75, 3.05) is 0 Å². The molecule has 5 heteroatoms. The first-order valence-corrected chi connectivity index (χ1v) is 24.1. The van der Waals surface area contributed by atoms with Crippen LogP contribution < -0.4 is 0 Å². The molecule has 0 radical (unpaired) electrons. The lowest BCUT2D eigenvalue weighted by molar-refractivity contribution is 0.670. The largest absolute Gasteiger partial charge is 0.455 e. The summed E-state index contributed by atoms with van der Waals surface area (Å²) in [6, 6.07) is 84.5. The van der Waals surface area contributed by atoms with Gasteiger partial charge in [0.05, 0.1) is 26.9 Å². The third kappa shape index (κ3) is 6.58. The maximum atomic E-state index is 6.68. The van der Waals surface area contributed by atoms with E-state index in [-0.39, 0.29) is 0 Å². The van der Waals surface area contributed by atoms with Crippen LogP contribution >= 0.6 is 11.3 Å². The lowest BCUT2D eigenvalue weighted by Gasteiger charge is -2.10. The second-order valence-electron chi connectivity index (χ2n) is 17.7. The molecule has 0 bridgehead atoms. The predicted molar refractivity (Wildman–Crippen MR) is 289 cm³/mol. The van der Waals surface area contributed by atoms with Gasteiger partial charge in [-0.1, -0.05) is 164 Å². The Morgan fingerprint density at radius 2 is 0.870 bits per heavy atom. The van der Waals surface area contributed by atoms with Gasteiger partial charge in [-0.05, 0) is 117 Å². The number of hydrogen-bond donors (Lipinski definition) is 0. The molecule has 14 rings (SSSR count). The van der Waals surface area contributed by atoms with Crippen molar-refractivity contribution in [3.63, 3.8) is 0 Å². The molecule has 4 heterocycles. The number of aromatic nitrogens is 3. The standard InChI is InChI=1S/C64H39N3OS/c1-4-15-40(16-5-1)42-19-12-20-43(35-42)47-31-34-59-55(39-47)61-63(69-59)60(52-27-14-26-51-50-25-10-11-28-58(50)68-62(51)52)65-64(66-61)48-22-13-21-44(36-48)46-30-33-57-54(38-46)53-37-45(41-17-6-2-7-18-41)29-32-56(53)67(57)49-23-8-3-9-24-49/h1-39H. The number of nitrogens with zero attached hydrogens (tertiary/aromatic N) is 3. The molecule has 69 heavy (non-hydrogen) atoms. The Morgan fingerprint density at radius 1 is 0.362 bits per heavy atom. The highest BCUT2D eigenvalue weighted by Gasteiger charge is 2.22. The summed E-state index contributed by atoms with van der Waals surface area (Å²) < 4.78 is 11.2. The summed E-state index contributed by atoms with van der Waals surface area (Å²) in [6.07, 6.45) is 0. The van der Waals surface area contributed by atoms with Gasteiger partial charge in [0.15, 0.2) is 5.82 Å². The molecule has 322 valence electrons. The van der Waals surface area contributed by atoms with E-state index in [1.54, 1.807) is 11.3 Å². The minimum atomic E-state index is 0.665. The fraction of sp³-hybridized carbons (Fsp3) is 0. The first kappa shape index (κ1) is 39.3. The smallest absolute Gasteiger partial charge is 0.160 e. The Kier molecular flexibility index (Phi) is 9.04. The van der Waals surface area contributed by atoms with Gasteiger partial charge in [0.25, 0.3) is 0 Å². The van der Waals surface area contributed by atoms with E-state index in [0.29, 0.717) is 5.82 Å². The van der Waals surface area contributed by atoms with Crippen molar-refractivity contribution in [1.29, 1.82) is 0 Å². The predicted octanol–water partition coefficient (Wildman–Crippen LogP) is 17.8. The number of furan rings is 1. The lowest BCUT2D eigenvalue weighted by atomic mass is 9.98. The monoisotopic (exact) mass is 897 g/mol. The summed E-state index contributed by atoms with van der Waals surface area (Å²) in [5.74, 6) is 0.665. The topological polar surface area (TPSA) is 43.9 Å². The lowest BCUT2D eigenvalue weighted by Crippen LogP contribution is -1.94. The van der Waals surface area contributed by atoms with Crippen molar-refractivity contribution in [3.05, 3.63) is 237 Å². The number of benzene rings is 10. The van der Waals surface area contributed by atoms with E-state index >= 15 is 0 Å². The molecule has 0 aliphatic carbocycles. The molecule has 4 aromatic heterocycles. The summed E-state index contributed by atoms with van der Waals surface area (Å²) in [5, 5.41) is 5.67. The van der Waals surface area contributed by atoms with Crippen LogP contribution in [-0.2, 0) is 0 Å². The Hall–Kier alpha value is -8.90. The first-order chi connectivity index (χ1) is 34.2. The van der Waals surface area contributed by atoms with Gasteiger partial charge in [0.2, 0.25) is 0 Å². The molecule has 0 amide bonds. The molecule has 14 aromatic rings. The molecule has 0 saturated heterocycles. The van der Waals surface area contributed by atoms with E-state index in [9.17, 15) is 0 Å². The van der Waals surface area contributed by atoms with E-state index in [4.69, 9.17) is 14.4 Å².